The summed E-state index contributed by atoms with van der Waals surface area (Å²) in [6, 6.07) is 2.14. The number of thiazole rings is 1. The van der Waals surface area contributed by atoms with Crippen molar-refractivity contribution in [3.05, 3.63) is 11.1 Å². The third-order valence-electron chi connectivity index (χ3n) is 2.29. The van der Waals surface area contributed by atoms with Crippen molar-refractivity contribution in [3.8, 4) is 6.07 Å². The molecule has 1 aromatic heterocycles. The molecule has 0 radical (unpaired) electrons. The first-order valence-electron chi connectivity index (χ1n) is 5.58. The molecule has 0 saturated carbocycles. The summed E-state index contributed by atoms with van der Waals surface area (Å²) in [5.41, 5.74) is 1.08. The molecule has 0 atom stereocenters. The second-order valence-electron chi connectivity index (χ2n) is 3.66. The Kier molecular flexibility index (Phi) is 4.83. The Morgan fingerprint density at radius 1 is 1.59 bits per heavy atom. The maximum atomic E-state index is 8.43. The van der Waals surface area contributed by atoms with Crippen LogP contribution in [0.2, 0.25) is 0 Å². The third-order valence-corrected chi connectivity index (χ3v) is 4.08. The number of hydrogen-bond acceptors (Lipinski definition) is 6. The van der Waals surface area contributed by atoms with Crippen molar-refractivity contribution < 1.29 is 0 Å². The van der Waals surface area contributed by atoms with Crippen molar-refractivity contribution >= 4 is 34.1 Å². The lowest BCUT2D eigenvalue weighted by molar-refractivity contribution is 0.951. The Labute approximate surface area is 109 Å². The fourth-order valence-corrected chi connectivity index (χ4v) is 3.06. The van der Waals surface area contributed by atoms with Crippen LogP contribution < -0.4 is 5.32 Å². The molecule has 0 fully saturated rings. The molecule has 6 heteroatoms. The van der Waals surface area contributed by atoms with Gasteiger partial charge in [0, 0.05) is 36.3 Å². The number of thioether (sulfide) groups is 1. The van der Waals surface area contributed by atoms with Gasteiger partial charge in [0.15, 0.2) is 5.13 Å². The standard InChI is InChI=1S/C11H14N4S2/c12-4-2-6-16-7-9-8-17-11(14-9)15-10-3-1-5-13-10/h8H,1-3,5-7H2,(H,13,14,15). The van der Waals surface area contributed by atoms with Gasteiger partial charge in [-0.15, -0.1) is 11.3 Å². The largest absolute Gasteiger partial charge is 0.320 e. The van der Waals surface area contributed by atoms with Crippen LogP contribution in [0.25, 0.3) is 0 Å². The SMILES string of the molecule is N#CCCSCc1csc(NC2=NCCC2)n1. The highest BCUT2D eigenvalue weighted by atomic mass is 32.2. The molecule has 4 nitrogen and oxygen atoms in total. The molecule has 17 heavy (non-hydrogen) atoms. The molecule has 1 N–H and O–H groups in total. The molecule has 2 rings (SSSR count). The monoisotopic (exact) mass is 266 g/mol. The van der Waals surface area contributed by atoms with Crippen LogP contribution in [0.4, 0.5) is 5.13 Å². The summed E-state index contributed by atoms with van der Waals surface area (Å²) in [7, 11) is 0. The van der Waals surface area contributed by atoms with E-state index in [-0.39, 0.29) is 0 Å². The summed E-state index contributed by atoms with van der Waals surface area (Å²) in [6.07, 6.45) is 2.78. The second kappa shape index (κ2) is 6.62. The van der Waals surface area contributed by atoms with E-state index in [0.717, 1.165) is 47.6 Å². The number of anilines is 1. The topological polar surface area (TPSA) is 61.1 Å². The Morgan fingerprint density at radius 2 is 2.53 bits per heavy atom. The van der Waals surface area contributed by atoms with Gasteiger partial charge >= 0.3 is 0 Å². The molecule has 1 aliphatic heterocycles. The van der Waals surface area contributed by atoms with Crippen LogP contribution in [0.15, 0.2) is 10.4 Å². The minimum atomic E-state index is 0.608. The first-order valence-corrected chi connectivity index (χ1v) is 7.61. The van der Waals surface area contributed by atoms with Crippen LogP contribution in [-0.2, 0) is 5.75 Å². The molecule has 0 saturated heterocycles. The van der Waals surface area contributed by atoms with E-state index >= 15 is 0 Å². The fraction of sp³-hybridized carbons (Fsp3) is 0.545. The average molecular weight is 266 g/mol. The van der Waals surface area contributed by atoms with Gasteiger partial charge in [-0.2, -0.15) is 17.0 Å². The van der Waals surface area contributed by atoms with E-state index in [1.165, 1.54) is 0 Å². The molecule has 0 unspecified atom stereocenters. The van der Waals surface area contributed by atoms with Gasteiger partial charge in [0.25, 0.3) is 0 Å². The third kappa shape index (κ3) is 4.02. The van der Waals surface area contributed by atoms with Gasteiger partial charge in [0.2, 0.25) is 0 Å². The van der Waals surface area contributed by atoms with Crippen molar-refractivity contribution in [1.82, 2.24) is 4.98 Å². The van der Waals surface area contributed by atoms with Crippen molar-refractivity contribution in [1.29, 1.82) is 5.26 Å². The quantitative estimate of drug-likeness (QED) is 0.832. The lowest BCUT2D eigenvalue weighted by Crippen LogP contribution is -2.07. The Morgan fingerprint density at radius 3 is 3.29 bits per heavy atom. The first kappa shape index (κ1) is 12.4. The van der Waals surface area contributed by atoms with Gasteiger partial charge in [0.1, 0.15) is 5.84 Å². The lowest BCUT2D eigenvalue weighted by atomic mass is 10.3. The molecule has 1 aromatic rings. The van der Waals surface area contributed by atoms with Gasteiger partial charge in [-0.05, 0) is 6.42 Å². The van der Waals surface area contributed by atoms with E-state index in [2.05, 4.69) is 26.7 Å². The number of rotatable bonds is 5. The van der Waals surface area contributed by atoms with E-state index in [1.54, 1.807) is 23.1 Å². The van der Waals surface area contributed by atoms with Gasteiger partial charge in [0.05, 0.1) is 11.8 Å². The molecule has 0 spiro atoms. The van der Waals surface area contributed by atoms with E-state index < -0.39 is 0 Å². The molecule has 2 heterocycles. The van der Waals surface area contributed by atoms with Crippen LogP contribution in [0, 0.1) is 11.3 Å². The number of nitriles is 1. The summed E-state index contributed by atoms with van der Waals surface area (Å²) in [6.45, 7) is 0.935. The summed E-state index contributed by atoms with van der Waals surface area (Å²) >= 11 is 3.37. The number of aromatic nitrogens is 1. The zero-order valence-corrected chi connectivity index (χ0v) is 11.1. The van der Waals surface area contributed by atoms with E-state index in [4.69, 9.17) is 5.26 Å². The zero-order valence-electron chi connectivity index (χ0n) is 9.48. The van der Waals surface area contributed by atoms with Crippen molar-refractivity contribution in [2.75, 3.05) is 17.6 Å². The van der Waals surface area contributed by atoms with Crippen molar-refractivity contribution in [2.24, 2.45) is 4.99 Å². The summed E-state index contributed by atoms with van der Waals surface area (Å²) < 4.78 is 0. The number of nitrogens with zero attached hydrogens (tertiary/aromatic N) is 3. The average Bonchev–Trinajstić information content (AvgIpc) is 2.97. The van der Waals surface area contributed by atoms with E-state index in [0.29, 0.717) is 6.42 Å². The van der Waals surface area contributed by atoms with Crippen LogP contribution in [-0.4, -0.2) is 23.1 Å². The minimum absolute atomic E-state index is 0.608. The zero-order chi connectivity index (χ0) is 11.9. The predicted molar refractivity (Wildman–Crippen MR) is 73.7 cm³/mol. The minimum Gasteiger partial charge on any atom is -0.320 e. The fourth-order valence-electron chi connectivity index (χ4n) is 1.49. The number of hydrogen-bond donors (Lipinski definition) is 1. The normalized spacial score (nSPS) is 14.4. The second-order valence-corrected chi connectivity index (χ2v) is 5.62. The van der Waals surface area contributed by atoms with Crippen LogP contribution in [0.5, 0.6) is 0 Å². The Balaban J connectivity index is 1.77. The van der Waals surface area contributed by atoms with Crippen LogP contribution in [0.3, 0.4) is 0 Å². The molecule has 0 aliphatic carbocycles. The van der Waals surface area contributed by atoms with Crippen LogP contribution in [0.1, 0.15) is 25.0 Å². The maximum Gasteiger partial charge on any atom is 0.188 e. The maximum absolute atomic E-state index is 8.43. The summed E-state index contributed by atoms with van der Waals surface area (Å²) in [4.78, 5) is 8.85. The first-order chi connectivity index (χ1) is 8.38. The molecule has 1 aliphatic rings. The molecule has 0 amide bonds. The van der Waals surface area contributed by atoms with Crippen LogP contribution >= 0.6 is 23.1 Å². The molecule has 0 aromatic carbocycles. The van der Waals surface area contributed by atoms with Crippen molar-refractivity contribution in [2.45, 2.75) is 25.0 Å². The van der Waals surface area contributed by atoms with E-state index in [9.17, 15) is 0 Å². The highest BCUT2D eigenvalue weighted by molar-refractivity contribution is 7.98. The molecule has 0 bridgehead atoms. The highest BCUT2D eigenvalue weighted by Gasteiger charge is 2.08. The number of aliphatic imine (C=N–C) groups is 1. The van der Waals surface area contributed by atoms with Gasteiger partial charge in [-0.25, -0.2) is 4.98 Å². The summed E-state index contributed by atoms with van der Waals surface area (Å²) in [5.74, 6) is 2.82. The van der Waals surface area contributed by atoms with Gasteiger partial charge < -0.3 is 5.32 Å². The predicted octanol–water partition coefficient (Wildman–Crippen LogP) is 2.89. The molecular weight excluding hydrogens is 252 g/mol. The highest BCUT2D eigenvalue weighted by Crippen LogP contribution is 2.20. The number of amidine groups is 1. The van der Waals surface area contributed by atoms with Gasteiger partial charge in [-0.1, -0.05) is 0 Å². The lowest BCUT2D eigenvalue weighted by Gasteiger charge is -1.99. The number of nitrogens with one attached hydrogen (secondary N) is 1. The van der Waals surface area contributed by atoms with Gasteiger partial charge in [-0.3, -0.25) is 4.99 Å². The van der Waals surface area contributed by atoms with E-state index in [1.807, 2.05) is 0 Å². The Bertz CT molecular complexity index is 433. The Hall–Kier alpha value is -1.06. The smallest absolute Gasteiger partial charge is 0.188 e. The molecule has 90 valence electrons. The van der Waals surface area contributed by atoms with Crippen molar-refractivity contribution in [3.63, 3.8) is 0 Å². The molecular formula is C11H14N4S2. The summed E-state index contributed by atoms with van der Waals surface area (Å²) in [5, 5.41) is 14.7.